The second kappa shape index (κ2) is 9.04. The Morgan fingerprint density at radius 2 is 2.03 bits per heavy atom. The van der Waals surface area contributed by atoms with Gasteiger partial charge >= 0.3 is 0 Å². The zero-order valence-corrected chi connectivity index (χ0v) is 17.1. The molecule has 0 aliphatic carbocycles. The van der Waals surface area contributed by atoms with E-state index >= 15 is 0 Å². The number of nitrogens with zero attached hydrogens (tertiary/aromatic N) is 3. The molecule has 8 heteroatoms. The Bertz CT molecular complexity index is 976. The number of methoxy groups -OCH3 is 1. The molecule has 0 saturated carbocycles. The number of likely N-dealkylation sites (tertiary alicyclic amines) is 1. The number of rotatable bonds is 7. The largest absolute Gasteiger partial charge is 0.507 e. The number of pyridine rings is 1. The van der Waals surface area contributed by atoms with Gasteiger partial charge in [0.25, 0.3) is 11.7 Å². The van der Waals surface area contributed by atoms with Crippen LogP contribution in [0.5, 0.6) is 5.75 Å². The summed E-state index contributed by atoms with van der Waals surface area (Å²) in [5, 5.41) is 11.0. The van der Waals surface area contributed by atoms with Crippen molar-refractivity contribution in [2.45, 2.75) is 12.5 Å². The average Bonchev–Trinajstić information content (AvgIpc) is 2.98. The summed E-state index contributed by atoms with van der Waals surface area (Å²) in [6.07, 6.45) is 2.19. The summed E-state index contributed by atoms with van der Waals surface area (Å²) >= 11 is 0. The summed E-state index contributed by atoms with van der Waals surface area (Å²) in [4.78, 5) is 33.4. The second-order valence-corrected chi connectivity index (χ2v) is 7.25. The van der Waals surface area contributed by atoms with Gasteiger partial charge in [-0.1, -0.05) is 6.07 Å². The van der Waals surface area contributed by atoms with E-state index in [-0.39, 0.29) is 16.9 Å². The van der Waals surface area contributed by atoms with Crippen LogP contribution in [-0.2, 0) is 9.59 Å². The van der Waals surface area contributed by atoms with Crippen molar-refractivity contribution >= 4 is 17.4 Å². The SMILES string of the molecule is COc1ccc(F)cc1C(O)=C1C(=O)C(=O)N(CCCN(C)C)[C@@H]1c1ccccn1. The highest BCUT2D eigenvalue weighted by atomic mass is 19.1. The van der Waals surface area contributed by atoms with Crippen molar-refractivity contribution in [1.82, 2.24) is 14.8 Å². The van der Waals surface area contributed by atoms with Crippen molar-refractivity contribution in [2.75, 3.05) is 34.3 Å². The number of benzene rings is 1. The lowest BCUT2D eigenvalue weighted by Crippen LogP contribution is -2.32. The van der Waals surface area contributed by atoms with Crippen LogP contribution in [0.3, 0.4) is 0 Å². The monoisotopic (exact) mass is 413 g/mol. The van der Waals surface area contributed by atoms with Gasteiger partial charge in [0, 0.05) is 12.7 Å². The zero-order chi connectivity index (χ0) is 21.8. The number of hydrogen-bond acceptors (Lipinski definition) is 6. The van der Waals surface area contributed by atoms with E-state index in [0.29, 0.717) is 18.7 Å². The summed E-state index contributed by atoms with van der Waals surface area (Å²) in [5.41, 5.74) is 0.315. The van der Waals surface area contributed by atoms with Crippen LogP contribution in [0.1, 0.15) is 23.7 Å². The van der Waals surface area contributed by atoms with Crippen molar-refractivity contribution in [2.24, 2.45) is 0 Å². The van der Waals surface area contributed by atoms with E-state index in [1.165, 1.54) is 24.1 Å². The molecule has 1 saturated heterocycles. The second-order valence-electron chi connectivity index (χ2n) is 7.25. The maximum Gasteiger partial charge on any atom is 0.295 e. The third-order valence-electron chi connectivity index (χ3n) is 4.93. The zero-order valence-electron chi connectivity index (χ0n) is 17.1. The van der Waals surface area contributed by atoms with Gasteiger partial charge in [-0.25, -0.2) is 4.39 Å². The van der Waals surface area contributed by atoms with Gasteiger partial charge < -0.3 is 19.6 Å². The van der Waals surface area contributed by atoms with E-state index < -0.39 is 29.3 Å². The Hall–Kier alpha value is -3.26. The molecule has 1 aromatic carbocycles. The highest BCUT2D eigenvalue weighted by molar-refractivity contribution is 6.46. The number of ether oxygens (including phenoxy) is 1. The fraction of sp³-hybridized carbons (Fsp3) is 0.318. The number of Topliss-reactive ketones (excluding diaryl/α,β-unsaturated/α-hetero) is 1. The highest BCUT2D eigenvalue weighted by Crippen LogP contribution is 2.40. The molecule has 0 radical (unpaired) electrons. The maximum absolute atomic E-state index is 13.9. The fourth-order valence-electron chi connectivity index (χ4n) is 3.52. The molecule has 158 valence electrons. The molecule has 1 fully saturated rings. The van der Waals surface area contributed by atoms with Crippen molar-refractivity contribution in [1.29, 1.82) is 0 Å². The molecule has 2 heterocycles. The van der Waals surface area contributed by atoms with Gasteiger partial charge in [-0.2, -0.15) is 0 Å². The maximum atomic E-state index is 13.9. The van der Waals surface area contributed by atoms with E-state index in [4.69, 9.17) is 4.74 Å². The Balaban J connectivity index is 2.13. The van der Waals surface area contributed by atoms with Crippen LogP contribution in [0, 0.1) is 5.82 Å². The predicted octanol–water partition coefficient (Wildman–Crippen LogP) is 2.60. The molecule has 7 nitrogen and oxygen atoms in total. The molecule has 0 spiro atoms. The van der Waals surface area contributed by atoms with Crippen molar-refractivity contribution in [3.05, 3.63) is 65.2 Å². The minimum atomic E-state index is -0.874. The van der Waals surface area contributed by atoms with E-state index in [1.807, 2.05) is 19.0 Å². The van der Waals surface area contributed by atoms with Gasteiger partial charge in [0.2, 0.25) is 0 Å². The summed E-state index contributed by atoms with van der Waals surface area (Å²) in [5.74, 6) is -2.46. The van der Waals surface area contributed by atoms with Crippen LogP contribution in [0.2, 0.25) is 0 Å². The summed E-state index contributed by atoms with van der Waals surface area (Å²) in [7, 11) is 5.21. The molecule has 1 aromatic heterocycles. The molecule has 3 rings (SSSR count). The number of aliphatic hydroxyl groups excluding tert-OH is 1. The van der Waals surface area contributed by atoms with Gasteiger partial charge in [-0.05, 0) is 57.4 Å². The van der Waals surface area contributed by atoms with E-state index in [2.05, 4.69) is 4.98 Å². The number of amides is 1. The van der Waals surface area contributed by atoms with Gasteiger partial charge in [0.15, 0.2) is 0 Å². The number of aliphatic hydroxyl groups is 1. The summed E-state index contributed by atoms with van der Waals surface area (Å²) in [6, 6.07) is 7.89. The van der Waals surface area contributed by atoms with Gasteiger partial charge in [0.05, 0.1) is 23.9 Å². The lowest BCUT2D eigenvalue weighted by Gasteiger charge is -2.25. The topological polar surface area (TPSA) is 83.0 Å². The van der Waals surface area contributed by atoms with Crippen LogP contribution in [0.25, 0.3) is 5.76 Å². The third kappa shape index (κ3) is 4.18. The fourth-order valence-corrected chi connectivity index (χ4v) is 3.52. The number of carbonyl (C=O) groups is 2. The molecular weight excluding hydrogens is 389 g/mol. The minimum absolute atomic E-state index is 0.00437. The van der Waals surface area contributed by atoms with Crippen molar-refractivity contribution in [3.63, 3.8) is 0 Å². The minimum Gasteiger partial charge on any atom is -0.507 e. The molecule has 1 aliphatic heterocycles. The molecule has 0 unspecified atom stereocenters. The molecule has 1 aliphatic rings. The predicted molar refractivity (Wildman–Crippen MR) is 109 cm³/mol. The van der Waals surface area contributed by atoms with Crippen LogP contribution >= 0.6 is 0 Å². The number of halogens is 1. The first kappa shape index (κ1) is 21.4. The Labute approximate surface area is 174 Å². The molecule has 30 heavy (non-hydrogen) atoms. The van der Waals surface area contributed by atoms with Crippen LogP contribution < -0.4 is 4.74 Å². The lowest BCUT2D eigenvalue weighted by atomic mass is 9.97. The number of ketones is 1. The molecule has 1 atom stereocenters. The van der Waals surface area contributed by atoms with Crippen molar-refractivity contribution in [3.8, 4) is 5.75 Å². The normalized spacial score (nSPS) is 18.3. The van der Waals surface area contributed by atoms with Crippen LogP contribution in [-0.4, -0.2) is 65.9 Å². The van der Waals surface area contributed by atoms with Gasteiger partial charge in [-0.3, -0.25) is 14.6 Å². The van der Waals surface area contributed by atoms with E-state index in [1.54, 1.807) is 24.4 Å². The smallest absolute Gasteiger partial charge is 0.295 e. The molecular formula is C22H24FN3O4. The average molecular weight is 413 g/mol. The molecule has 1 N–H and O–H groups in total. The first-order chi connectivity index (χ1) is 14.3. The molecule has 1 amide bonds. The lowest BCUT2D eigenvalue weighted by molar-refractivity contribution is -0.140. The van der Waals surface area contributed by atoms with Crippen molar-refractivity contribution < 1.29 is 23.8 Å². The Morgan fingerprint density at radius 1 is 1.27 bits per heavy atom. The third-order valence-corrected chi connectivity index (χ3v) is 4.93. The number of carbonyl (C=O) groups excluding carboxylic acids is 2. The first-order valence-corrected chi connectivity index (χ1v) is 9.53. The number of hydrogen-bond donors (Lipinski definition) is 1. The highest BCUT2D eigenvalue weighted by Gasteiger charge is 2.46. The summed E-state index contributed by atoms with van der Waals surface area (Å²) < 4.78 is 19.1. The Kier molecular flexibility index (Phi) is 6.47. The number of aromatic nitrogens is 1. The van der Waals surface area contributed by atoms with Gasteiger partial charge in [0.1, 0.15) is 23.4 Å². The standard InChI is InChI=1S/C22H24FN3O4/c1-25(2)11-6-12-26-19(16-7-4-5-10-24-16)18(21(28)22(26)29)20(27)15-13-14(23)8-9-17(15)30-3/h4-5,7-10,13,19,27H,6,11-12H2,1-3H3/t19-/m1/s1. The van der Waals surface area contributed by atoms with Crippen LogP contribution in [0.15, 0.2) is 48.2 Å². The van der Waals surface area contributed by atoms with E-state index in [0.717, 1.165) is 12.6 Å². The molecule has 0 bridgehead atoms. The first-order valence-electron chi connectivity index (χ1n) is 9.53. The molecule has 2 aromatic rings. The van der Waals surface area contributed by atoms with Crippen LogP contribution in [0.4, 0.5) is 4.39 Å². The summed E-state index contributed by atoms with van der Waals surface area (Å²) in [6.45, 7) is 1.02. The van der Waals surface area contributed by atoms with Gasteiger partial charge in [-0.15, -0.1) is 0 Å². The van der Waals surface area contributed by atoms with E-state index in [9.17, 15) is 19.1 Å². The quantitative estimate of drug-likeness (QED) is 0.427. The Morgan fingerprint density at radius 3 is 2.67 bits per heavy atom.